The standard InChI is InChI=1S/C15H13Br2Cl2NO/c1-8(20)15(9-4-2-3-5-10(9)16)21-14-7-12(18)11(17)6-13(14)19/h2-8,15H,20H2,1H3. The van der Waals surface area contributed by atoms with Gasteiger partial charge in [0.2, 0.25) is 0 Å². The fourth-order valence-corrected chi connectivity index (χ4v) is 3.24. The van der Waals surface area contributed by atoms with Crippen molar-refractivity contribution < 1.29 is 4.74 Å². The number of halogens is 4. The zero-order valence-corrected chi connectivity index (χ0v) is 15.8. The molecule has 0 aliphatic heterocycles. The summed E-state index contributed by atoms with van der Waals surface area (Å²) in [7, 11) is 0. The summed E-state index contributed by atoms with van der Waals surface area (Å²) >= 11 is 19.2. The number of hydrogen-bond donors (Lipinski definition) is 1. The van der Waals surface area contributed by atoms with Crippen LogP contribution in [0.4, 0.5) is 0 Å². The third kappa shape index (κ3) is 4.14. The predicted octanol–water partition coefficient (Wildman–Crippen LogP) is 5.99. The normalized spacial score (nSPS) is 13.8. The molecule has 112 valence electrons. The summed E-state index contributed by atoms with van der Waals surface area (Å²) in [5, 5.41) is 1.01. The lowest BCUT2D eigenvalue weighted by molar-refractivity contribution is 0.180. The van der Waals surface area contributed by atoms with Crippen LogP contribution in [-0.2, 0) is 0 Å². The van der Waals surface area contributed by atoms with Gasteiger partial charge in [-0.3, -0.25) is 0 Å². The van der Waals surface area contributed by atoms with Crippen molar-refractivity contribution in [2.75, 3.05) is 0 Å². The molecule has 0 spiro atoms. The van der Waals surface area contributed by atoms with Gasteiger partial charge in [-0.2, -0.15) is 0 Å². The highest BCUT2D eigenvalue weighted by atomic mass is 79.9. The van der Waals surface area contributed by atoms with E-state index in [0.717, 1.165) is 14.5 Å². The highest BCUT2D eigenvalue weighted by Crippen LogP contribution is 2.37. The maximum Gasteiger partial charge on any atom is 0.140 e. The minimum atomic E-state index is -0.338. The minimum absolute atomic E-state index is 0.220. The Kier molecular flexibility index (Phi) is 5.97. The number of benzene rings is 2. The molecule has 0 aliphatic carbocycles. The van der Waals surface area contributed by atoms with Gasteiger partial charge in [0, 0.05) is 26.6 Å². The molecule has 0 fully saturated rings. The summed E-state index contributed by atoms with van der Waals surface area (Å²) in [6, 6.07) is 11.0. The van der Waals surface area contributed by atoms with Gasteiger partial charge in [0.15, 0.2) is 0 Å². The average molecular weight is 454 g/mol. The molecule has 0 aromatic heterocycles. The molecule has 2 nitrogen and oxygen atoms in total. The molecule has 21 heavy (non-hydrogen) atoms. The van der Waals surface area contributed by atoms with Gasteiger partial charge >= 0.3 is 0 Å². The molecular formula is C15H13Br2Cl2NO. The van der Waals surface area contributed by atoms with Crippen molar-refractivity contribution in [1.82, 2.24) is 0 Å². The van der Waals surface area contributed by atoms with Gasteiger partial charge in [0.25, 0.3) is 0 Å². The van der Waals surface area contributed by atoms with Crippen molar-refractivity contribution in [1.29, 1.82) is 0 Å². The molecule has 2 unspecified atom stereocenters. The predicted molar refractivity (Wildman–Crippen MR) is 95.3 cm³/mol. The van der Waals surface area contributed by atoms with E-state index < -0.39 is 0 Å². The van der Waals surface area contributed by atoms with E-state index in [2.05, 4.69) is 31.9 Å². The minimum Gasteiger partial charge on any atom is -0.482 e. The van der Waals surface area contributed by atoms with E-state index >= 15 is 0 Å². The summed E-state index contributed by atoms with van der Waals surface area (Å²) in [6.45, 7) is 1.89. The number of hydrogen-bond acceptors (Lipinski definition) is 2. The third-order valence-corrected chi connectivity index (χ3v) is 5.13. The van der Waals surface area contributed by atoms with Crippen LogP contribution in [0.5, 0.6) is 5.75 Å². The van der Waals surface area contributed by atoms with Crippen LogP contribution in [-0.4, -0.2) is 6.04 Å². The lowest BCUT2D eigenvalue weighted by Gasteiger charge is -2.24. The molecular weight excluding hydrogens is 441 g/mol. The zero-order chi connectivity index (χ0) is 15.6. The van der Waals surface area contributed by atoms with E-state index in [1.807, 2.05) is 31.2 Å². The van der Waals surface area contributed by atoms with E-state index in [0.29, 0.717) is 15.8 Å². The molecule has 2 aromatic rings. The third-order valence-electron chi connectivity index (χ3n) is 2.92. The first kappa shape index (κ1) is 17.1. The van der Waals surface area contributed by atoms with Crippen LogP contribution in [0.1, 0.15) is 18.6 Å². The summed E-state index contributed by atoms with van der Waals surface area (Å²) in [4.78, 5) is 0. The molecule has 0 aliphatic rings. The Balaban J connectivity index is 2.38. The van der Waals surface area contributed by atoms with Crippen molar-refractivity contribution >= 4 is 55.1 Å². The molecule has 0 saturated carbocycles. The Hall–Kier alpha value is -0.260. The van der Waals surface area contributed by atoms with E-state index in [1.165, 1.54) is 0 Å². The smallest absolute Gasteiger partial charge is 0.140 e. The fourth-order valence-electron chi connectivity index (χ4n) is 1.89. The Morgan fingerprint density at radius 2 is 1.71 bits per heavy atom. The van der Waals surface area contributed by atoms with Gasteiger partial charge in [-0.1, -0.05) is 57.3 Å². The average Bonchev–Trinajstić information content (AvgIpc) is 2.42. The number of rotatable bonds is 4. The molecule has 2 rings (SSSR count). The summed E-state index contributed by atoms with van der Waals surface area (Å²) in [5.41, 5.74) is 7.03. The van der Waals surface area contributed by atoms with Crippen molar-refractivity contribution in [3.05, 3.63) is 61.0 Å². The van der Waals surface area contributed by atoms with Gasteiger partial charge in [0.05, 0.1) is 10.0 Å². The highest BCUT2D eigenvalue weighted by molar-refractivity contribution is 9.10. The summed E-state index contributed by atoms with van der Waals surface area (Å²) in [5.74, 6) is 0.503. The molecule has 0 saturated heterocycles. The first-order chi connectivity index (χ1) is 9.90. The molecule has 6 heteroatoms. The SMILES string of the molecule is CC(N)C(Oc1cc(Cl)c(Br)cc1Cl)c1ccccc1Br. The van der Waals surface area contributed by atoms with Gasteiger partial charge in [-0.25, -0.2) is 0 Å². The fraction of sp³-hybridized carbons (Fsp3) is 0.200. The van der Waals surface area contributed by atoms with Crippen molar-refractivity contribution in [3.8, 4) is 5.75 Å². The van der Waals surface area contributed by atoms with Gasteiger partial charge < -0.3 is 10.5 Å². The van der Waals surface area contributed by atoms with E-state index in [1.54, 1.807) is 12.1 Å². The van der Waals surface area contributed by atoms with Gasteiger partial charge in [-0.15, -0.1) is 0 Å². The van der Waals surface area contributed by atoms with E-state index in [9.17, 15) is 0 Å². The first-order valence-corrected chi connectivity index (χ1v) is 8.55. The topological polar surface area (TPSA) is 35.2 Å². The Labute approximate surface area is 150 Å². The van der Waals surface area contributed by atoms with E-state index in [4.69, 9.17) is 33.7 Å². The van der Waals surface area contributed by atoms with Crippen LogP contribution in [0, 0.1) is 0 Å². The number of ether oxygens (including phenoxy) is 1. The molecule has 0 amide bonds. The Morgan fingerprint density at radius 1 is 1.05 bits per heavy atom. The molecule has 2 aromatic carbocycles. The summed E-state index contributed by atoms with van der Waals surface area (Å²) in [6.07, 6.45) is -0.338. The summed E-state index contributed by atoms with van der Waals surface area (Å²) < 4.78 is 7.68. The first-order valence-electron chi connectivity index (χ1n) is 6.21. The molecule has 0 bridgehead atoms. The van der Waals surface area contributed by atoms with Crippen LogP contribution >= 0.6 is 55.1 Å². The molecule has 2 N–H and O–H groups in total. The second-order valence-corrected chi connectivity index (χ2v) is 7.14. The lowest BCUT2D eigenvalue weighted by atomic mass is 10.0. The van der Waals surface area contributed by atoms with Crippen LogP contribution in [0.3, 0.4) is 0 Å². The van der Waals surface area contributed by atoms with Crippen LogP contribution in [0.15, 0.2) is 45.3 Å². The van der Waals surface area contributed by atoms with Crippen LogP contribution in [0.2, 0.25) is 10.0 Å². The quantitative estimate of drug-likeness (QED) is 0.577. The highest BCUT2D eigenvalue weighted by Gasteiger charge is 2.22. The molecule has 0 radical (unpaired) electrons. The van der Waals surface area contributed by atoms with Crippen molar-refractivity contribution in [2.24, 2.45) is 5.73 Å². The van der Waals surface area contributed by atoms with Crippen molar-refractivity contribution in [2.45, 2.75) is 19.1 Å². The van der Waals surface area contributed by atoms with Crippen LogP contribution in [0.25, 0.3) is 0 Å². The Bertz CT molecular complexity index is 650. The van der Waals surface area contributed by atoms with Crippen LogP contribution < -0.4 is 10.5 Å². The second-order valence-electron chi connectivity index (χ2n) is 4.62. The second kappa shape index (κ2) is 7.34. The maximum atomic E-state index is 6.21. The van der Waals surface area contributed by atoms with Gasteiger partial charge in [0.1, 0.15) is 11.9 Å². The Morgan fingerprint density at radius 3 is 2.33 bits per heavy atom. The van der Waals surface area contributed by atoms with Gasteiger partial charge in [-0.05, 0) is 35.0 Å². The van der Waals surface area contributed by atoms with Crippen molar-refractivity contribution in [3.63, 3.8) is 0 Å². The van der Waals surface area contributed by atoms with E-state index in [-0.39, 0.29) is 12.1 Å². The monoisotopic (exact) mass is 451 g/mol. The zero-order valence-electron chi connectivity index (χ0n) is 11.1. The lowest BCUT2D eigenvalue weighted by Crippen LogP contribution is -2.29. The molecule has 0 heterocycles. The maximum absolute atomic E-state index is 6.21. The number of nitrogens with two attached hydrogens (primary N) is 1. The largest absolute Gasteiger partial charge is 0.482 e. The molecule has 2 atom stereocenters.